The summed E-state index contributed by atoms with van der Waals surface area (Å²) >= 11 is 3.38. The van der Waals surface area contributed by atoms with Gasteiger partial charge in [-0.1, -0.05) is 0 Å². The lowest BCUT2D eigenvalue weighted by Crippen LogP contribution is -2.02. The number of halogens is 1. The van der Waals surface area contributed by atoms with Gasteiger partial charge in [0.1, 0.15) is 4.60 Å². The summed E-state index contributed by atoms with van der Waals surface area (Å²) in [7, 11) is 0. The van der Waals surface area contributed by atoms with Gasteiger partial charge in [0.25, 0.3) is 0 Å². The summed E-state index contributed by atoms with van der Waals surface area (Å²) in [6, 6.07) is 6.12. The molecular formula is C14H11BrN6. The number of nitrogens with one attached hydrogen (secondary N) is 2. The summed E-state index contributed by atoms with van der Waals surface area (Å²) in [6.45, 7) is 0.678. The molecule has 0 fully saturated rings. The summed E-state index contributed by atoms with van der Waals surface area (Å²) in [5, 5.41) is 11.5. The van der Waals surface area contributed by atoms with Crippen LogP contribution >= 0.6 is 15.9 Å². The number of hydrogen-bond donors (Lipinski definition) is 2. The Bertz CT molecular complexity index is 925. The average Bonchev–Trinajstić information content (AvgIpc) is 3.10. The lowest BCUT2D eigenvalue weighted by molar-refractivity contribution is 0.983. The maximum Gasteiger partial charge on any atom is 0.155 e. The number of imidazole rings is 1. The summed E-state index contributed by atoms with van der Waals surface area (Å²) in [4.78, 5) is 8.51. The van der Waals surface area contributed by atoms with Crippen molar-refractivity contribution in [2.75, 3.05) is 5.32 Å². The van der Waals surface area contributed by atoms with Crippen molar-refractivity contribution in [3.05, 3.63) is 53.3 Å². The fourth-order valence-electron chi connectivity index (χ4n) is 2.29. The molecule has 4 aromatic rings. The number of hydrogen-bond acceptors (Lipinski definition) is 4. The maximum absolute atomic E-state index is 4.34. The molecule has 104 valence electrons. The van der Waals surface area contributed by atoms with E-state index in [0.717, 1.165) is 32.5 Å². The van der Waals surface area contributed by atoms with Crippen molar-refractivity contribution >= 4 is 38.2 Å². The van der Waals surface area contributed by atoms with E-state index >= 15 is 0 Å². The highest BCUT2D eigenvalue weighted by atomic mass is 79.9. The molecule has 3 aromatic heterocycles. The third-order valence-corrected chi connectivity index (χ3v) is 3.77. The third-order valence-electron chi connectivity index (χ3n) is 3.36. The van der Waals surface area contributed by atoms with Gasteiger partial charge in [-0.2, -0.15) is 5.10 Å². The van der Waals surface area contributed by atoms with Crippen molar-refractivity contribution in [1.29, 1.82) is 0 Å². The number of aromatic amines is 1. The Kier molecular flexibility index (Phi) is 2.85. The normalized spacial score (nSPS) is 11.3. The molecule has 0 saturated carbocycles. The molecule has 0 bridgehead atoms. The Morgan fingerprint density at radius 1 is 1.19 bits per heavy atom. The minimum atomic E-state index is 0.678. The fourth-order valence-corrected chi connectivity index (χ4v) is 2.59. The van der Waals surface area contributed by atoms with E-state index in [1.807, 2.05) is 41.2 Å². The van der Waals surface area contributed by atoms with Crippen molar-refractivity contribution in [2.24, 2.45) is 0 Å². The molecule has 1 aromatic carbocycles. The van der Waals surface area contributed by atoms with E-state index in [2.05, 4.69) is 41.4 Å². The quantitative estimate of drug-likeness (QED) is 0.600. The van der Waals surface area contributed by atoms with Crippen LogP contribution in [-0.2, 0) is 6.54 Å². The molecule has 0 aliphatic rings. The van der Waals surface area contributed by atoms with Crippen LogP contribution in [0.5, 0.6) is 0 Å². The van der Waals surface area contributed by atoms with Crippen LogP contribution in [0.2, 0.25) is 0 Å². The summed E-state index contributed by atoms with van der Waals surface area (Å²) in [6.07, 6.45) is 7.32. The second kappa shape index (κ2) is 4.85. The zero-order chi connectivity index (χ0) is 14.2. The van der Waals surface area contributed by atoms with Gasteiger partial charge in [0.2, 0.25) is 0 Å². The van der Waals surface area contributed by atoms with Crippen LogP contribution in [0.3, 0.4) is 0 Å². The van der Waals surface area contributed by atoms with Gasteiger partial charge in [-0.05, 0) is 34.1 Å². The van der Waals surface area contributed by atoms with Crippen molar-refractivity contribution < 1.29 is 0 Å². The molecule has 0 atom stereocenters. The number of aromatic nitrogens is 5. The van der Waals surface area contributed by atoms with Crippen molar-refractivity contribution in [2.45, 2.75) is 6.54 Å². The van der Waals surface area contributed by atoms with Crippen molar-refractivity contribution in [3.8, 4) is 0 Å². The van der Waals surface area contributed by atoms with Crippen LogP contribution in [0, 0.1) is 0 Å². The minimum Gasteiger partial charge on any atom is -0.379 e. The van der Waals surface area contributed by atoms with Gasteiger partial charge in [0, 0.05) is 17.3 Å². The zero-order valence-electron chi connectivity index (χ0n) is 10.9. The van der Waals surface area contributed by atoms with Crippen molar-refractivity contribution in [3.63, 3.8) is 0 Å². The van der Waals surface area contributed by atoms with Gasteiger partial charge in [0.15, 0.2) is 5.65 Å². The van der Waals surface area contributed by atoms with Gasteiger partial charge < -0.3 is 5.32 Å². The van der Waals surface area contributed by atoms with Gasteiger partial charge in [0.05, 0.1) is 36.3 Å². The Morgan fingerprint density at radius 2 is 2.14 bits per heavy atom. The number of benzene rings is 1. The first-order valence-corrected chi connectivity index (χ1v) is 7.23. The summed E-state index contributed by atoms with van der Waals surface area (Å²) in [5.74, 6) is 0. The second-order valence-electron chi connectivity index (χ2n) is 4.71. The molecule has 3 heterocycles. The molecular weight excluding hydrogens is 332 g/mol. The van der Waals surface area contributed by atoms with E-state index in [9.17, 15) is 0 Å². The SMILES string of the molecule is Brc1cn2c(CNc3ccc4cn[nH]c4c3)cnc2cn1. The van der Waals surface area contributed by atoms with Crippen LogP contribution in [0.4, 0.5) is 5.69 Å². The van der Waals surface area contributed by atoms with Gasteiger partial charge >= 0.3 is 0 Å². The highest BCUT2D eigenvalue weighted by molar-refractivity contribution is 9.10. The van der Waals surface area contributed by atoms with Crippen LogP contribution in [0.25, 0.3) is 16.6 Å². The first-order chi connectivity index (χ1) is 10.3. The average molecular weight is 343 g/mol. The second-order valence-corrected chi connectivity index (χ2v) is 5.53. The minimum absolute atomic E-state index is 0.678. The summed E-state index contributed by atoms with van der Waals surface area (Å²) < 4.78 is 2.80. The molecule has 0 spiro atoms. The zero-order valence-corrected chi connectivity index (χ0v) is 12.5. The predicted octanol–water partition coefficient (Wildman–Crippen LogP) is 2.98. The van der Waals surface area contributed by atoms with Gasteiger partial charge in [-0.25, -0.2) is 9.97 Å². The topological polar surface area (TPSA) is 70.9 Å². The molecule has 21 heavy (non-hydrogen) atoms. The van der Waals surface area contributed by atoms with E-state index in [0.29, 0.717) is 6.54 Å². The van der Waals surface area contributed by atoms with Gasteiger partial charge in [-0.15, -0.1) is 0 Å². The van der Waals surface area contributed by atoms with Crippen LogP contribution in [0.1, 0.15) is 5.69 Å². The molecule has 0 aliphatic heterocycles. The third kappa shape index (κ3) is 2.25. The molecule has 2 N–H and O–H groups in total. The van der Waals surface area contributed by atoms with Crippen LogP contribution < -0.4 is 5.32 Å². The monoisotopic (exact) mass is 342 g/mol. The lowest BCUT2D eigenvalue weighted by atomic mass is 10.2. The first kappa shape index (κ1) is 12.3. The Balaban J connectivity index is 1.61. The molecule has 0 saturated heterocycles. The molecule has 0 unspecified atom stereocenters. The maximum atomic E-state index is 4.34. The predicted molar refractivity (Wildman–Crippen MR) is 84.1 cm³/mol. The molecule has 6 nitrogen and oxygen atoms in total. The summed E-state index contributed by atoms with van der Waals surface area (Å²) in [5.41, 5.74) is 3.96. The first-order valence-electron chi connectivity index (χ1n) is 6.44. The lowest BCUT2D eigenvalue weighted by Gasteiger charge is -2.06. The number of nitrogens with zero attached hydrogens (tertiary/aromatic N) is 4. The van der Waals surface area contributed by atoms with E-state index in [1.54, 1.807) is 6.20 Å². The smallest absolute Gasteiger partial charge is 0.155 e. The van der Waals surface area contributed by atoms with Gasteiger partial charge in [-0.3, -0.25) is 9.50 Å². The molecule has 4 rings (SSSR count). The van der Waals surface area contributed by atoms with Crippen molar-refractivity contribution in [1.82, 2.24) is 24.6 Å². The highest BCUT2D eigenvalue weighted by Gasteiger charge is 2.05. The molecule has 7 heteroatoms. The molecule has 0 aliphatic carbocycles. The number of fused-ring (bicyclic) bond motifs is 2. The standard InChI is InChI=1S/C14H11BrN6/c15-13-8-21-11(6-18-14(21)7-17-13)5-16-10-2-1-9-4-19-20-12(9)3-10/h1-4,6-8,16H,5H2,(H,19,20). The fraction of sp³-hybridized carbons (Fsp3) is 0.0714. The Hall–Kier alpha value is -2.41. The van der Waals surface area contributed by atoms with E-state index in [-0.39, 0.29) is 0 Å². The number of anilines is 1. The van der Waals surface area contributed by atoms with E-state index in [4.69, 9.17) is 0 Å². The Labute approximate surface area is 128 Å². The largest absolute Gasteiger partial charge is 0.379 e. The number of H-pyrrole nitrogens is 1. The van der Waals surface area contributed by atoms with Crippen LogP contribution in [0.15, 0.2) is 47.6 Å². The number of rotatable bonds is 3. The molecule has 0 radical (unpaired) electrons. The van der Waals surface area contributed by atoms with E-state index < -0.39 is 0 Å². The Morgan fingerprint density at radius 3 is 3.10 bits per heavy atom. The van der Waals surface area contributed by atoms with Crippen LogP contribution in [-0.4, -0.2) is 24.6 Å². The molecule has 0 amide bonds. The highest BCUT2D eigenvalue weighted by Crippen LogP contribution is 2.18. The van der Waals surface area contributed by atoms with E-state index in [1.165, 1.54) is 0 Å².